The number of aryl methyl sites for hydroxylation is 1. The molecule has 2 aromatic carbocycles. The van der Waals surface area contributed by atoms with Crippen molar-refractivity contribution < 1.29 is 4.79 Å². The lowest BCUT2D eigenvalue weighted by molar-refractivity contribution is 0.102. The Bertz CT molecular complexity index is 896. The molecule has 132 valence electrons. The number of benzene rings is 2. The van der Waals surface area contributed by atoms with Gasteiger partial charge in [-0.2, -0.15) is 0 Å². The summed E-state index contributed by atoms with van der Waals surface area (Å²) in [5.41, 5.74) is 3.25. The highest BCUT2D eigenvalue weighted by atomic mass is 35.5. The molecule has 0 fully saturated rings. The Kier molecular flexibility index (Phi) is 5.81. The molecule has 0 bridgehead atoms. The van der Waals surface area contributed by atoms with Crippen LogP contribution in [0.4, 0.5) is 11.6 Å². The van der Waals surface area contributed by atoms with E-state index in [1.165, 1.54) is 0 Å². The van der Waals surface area contributed by atoms with Gasteiger partial charge >= 0.3 is 0 Å². The Morgan fingerprint density at radius 2 is 1.85 bits per heavy atom. The quantitative estimate of drug-likeness (QED) is 0.680. The van der Waals surface area contributed by atoms with Crippen molar-refractivity contribution in [2.45, 2.75) is 13.3 Å². The monoisotopic (exact) mass is 366 g/mol. The topological polar surface area (TPSA) is 66.9 Å². The minimum absolute atomic E-state index is 0.262. The molecule has 3 rings (SSSR count). The van der Waals surface area contributed by atoms with E-state index in [9.17, 15) is 4.79 Å². The van der Waals surface area contributed by atoms with Crippen LogP contribution in [0.1, 0.15) is 21.6 Å². The molecule has 0 aliphatic heterocycles. The first-order valence-corrected chi connectivity index (χ1v) is 8.68. The number of rotatable bonds is 6. The van der Waals surface area contributed by atoms with Gasteiger partial charge in [0.2, 0.25) is 5.95 Å². The number of nitrogens with zero attached hydrogens (tertiary/aromatic N) is 2. The van der Waals surface area contributed by atoms with Crippen molar-refractivity contribution in [1.29, 1.82) is 0 Å². The lowest BCUT2D eigenvalue weighted by Gasteiger charge is -2.09. The number of amides is 1. The van der Waals surface area contributed by atoms with Crippen LogP contribution in [-0.4, -0.2) is 22.4 Å². The zero-order valence-electron chi connectivity index (χ0n) is 14.4. The average molecular weight is 367 g/mol. The summed E-state index contributed by atoms with van der Waals surface area (Å²) in [5, 5.41) is 6.73. The van der Waals surface area contributed by atoms with Gasteiger partial charge in [-0.25, -0.2) is 9.97 Å². The van der Waals surface area contributed by atoms with Gasteiger partial charge in [0.05, 0.1) is 0 Å². The first-order chi connectivity index (χ1) is 12.6. The third kappa shape index (κ3) is 4.80. The zero-order chi connectivity index (χ0) is 18.4. The number of nitrogens with one attached hydrogen (secondary N) is 2. The molecule has 1 amide bonds. The SMILES string of the molecule is Cc1ccccc1NC(=O)c1ccnc(NCCc2ccc(Cl)cc2)n1. The molecule has 0 spiro atoms. The first-order valence-electron chi connectivity index (χ1n) is 8.30. The summed E-state index contributed by atoms with van der Waals surface area (Å²) in [6.07, 6.45) is 2.38. The lowest BCUT2D eigenvalue weighted by atomic mass is 10.1. The molecule has 0 saturated heterocycles. The third-order valence-electron chi connectivity index (χ3n) is 3.89. The average Bonchev–Trinajstić information content (AvgIpc) is 2.65. The van der Waals surface area contributed by atoms with Gasteiger partial charge in [-0.15, -0.1) is 0 Å². The molecule has 0 radical (unpaired) electrons. The number of anilines is 2. The van der Waals surface area contributed by atoms with Crippen LogP contribution >= 0.6 is 11.6 Å². The van der Waals surface area contributed by atoms with Crippen molar-refractivity contribution >= 4 is 29.1 Å². The molecule has 1 aromatic heterocycles. The predicted molar refractivity (Wildman–Crippen MR) is 105 cm³/mol. The van der Waals surface area contributed by atoms with E-state index in [1.54, 1.807) is 12.3 Å². The highest BCUT2D eigenvalue weighted by Crippen LogP contribution is 2.14. The fraction of sp³-hybridized carbons (Fsp3) is 0.150. The van der Waals surface area contributed by atoms with E-state index in [1.807, 2.05) is 55.5 Å². The van der Waals surface area contributed by atoms with Crippen LogP contribution in [0.3, 0.4) is 0 Å². The number of hydrogen-bond donors (Lipinski definition) is 2. The van der Waals surface area contributed by atoms with E-state index in [-0.39, 0.29) is 5.91 Å². The fourth-order valence-corrected chi connectivity index (χ4v) is 2.57. The Balaban J connectivity index is 1.59. The summed E-state index contributed by atoms with van der Waals surface area (Å²) in [6, 6.07) is 16.9. The number of carbonyl (C=O) groups excluding carboxylic acids is 1. The second kappa shape index (κ2) is 8.45. The normalized spacial score (nSPS) is 10.4. The maximum atomic E-state index is 12.4. The molecule has 1 heterocycles. The Morgan fingerprint density at radius 1 is 1.08 bits per heavy atom. The first kappa shape index (κ1) is 17.9. The molecule has 0 unspecified atom stereocenters. The van der Waals surface area contributed by atoms with Crippen molar-refractivity contribution in [3.63, 3.8) is 0 Å². The molecule has 5 nitrogen and oxygen atoms in total. The van der Waals surface area contributed by atoms with E-state index >= 15 is 0 Å². The molecule has 0 saturated carbocycles. The molecular formula is C20H19ClN4O. The lowest BCUT2D eigenvalue weighted by Crippen LogP contribution is -2.16. The third-order valence-corrected chi connectivity index (χ3v) is 4.14. The molecule has 0 atom stereocenters. The van der Waals surface area contributed by atoms with Crippen molar-refractivity contribution in [2.24, 2.45) is 0 Å². The smallest absolute Gasteiger partial charge is 0.274 e. The maximum absolute atomic E-state index is 12.4. The van der Waals surface area contributed by atoms with Crippen LogP contribution in [0.5, 0.6) is 0 Å². The van der Waals surface area contributed by atoms with E-state index < -0.39 is 0 Å². The van der Waals surface area contributed by atoms with Crippen LogP contribution < -0.4 is 10.6 Å². The van der Waals surface area contributed by atoms with Crippen LogP contribution in [0.15, 0.2) is 60.8 Å². The van der Waals surface area contributed by atoms with E-state index in [0.29, 0.717) is 18.2 Å². The fourth-order valence-electron chi connectivity index (χ4n) is 2.44. The zero-order valence-corrected chi connectivity index (χ0v) is 15.1. The minimum Gasteiger partial charge on any atom is -0.354 e. The van der Waals surface area contributed by atoms with Gasteiger partial charge in [0.25, 0.3) is 5.91 Å². The largest absolute Gasteiger partial charge is 0.354 e. The Morgan fingerprint density at radius 3 is 2.62 bits per heavy atom. The molecule has 3 aromatic rings. The maximum Gasteiger partial charge on any atom is 0.274 e. The van der Waals surface area contributed by atoms with Gasteiger partial charge in [-0.05, 0) is 48.7 Å². The van der Waals surface area contributed by atoms with E-state index in [4.69, 9.17) is 11.6 Å². The van der Waals surface area contributed by atoms with E-state index in [2.05, 4.69) is 20.6 Å². The number of halogens is 1. The molecule has 6 heteroatoms. The molecular weight excluding hydrogens is 348 g/mol. The van der Waals surface area contributed by atoms with Crippen molar-refractivity contribution in [2.75, 3.05) is 17.2 Å². The summed E-state index contributed by atoms with van der Waals surface area (Å²) < 4.78 is 0. The summed E-state index contributed by atoms with van der Waals surface area (Å²) in [6.45, 7) is 2.60. The molecule has 0 aliphatic carbocycles. The van der Waals surface area contributed by atoms with Crippen molar-refractivity contribution in [1.82, 2.24) is 9.97 Å². The van der Waals surface area contributed by atoms with Gasteiger partial charge in [-0.3, -0.25) is 4.79 Å². The van der Waals surface area contributed by atoms with Gasteiger partial charge in [0, 0.05) is 23.5 Å². The molecule has 26 heavy (non-hydrogen) atoms. The van der Waals surface area contributed by atoms with Gasteiger partial charge < -0.3 is 10.6 Å². The highest BCUT2D eigenvalue weighted by molar-refractivity contribution is 6.30. The number of hydrogen-bond acceptors (Lipinski definition) is 4. The van der Waals surface area contributed by atoms with Crippen LogP contribution in [0, 0.1) is 6.92 Å². The van der Waals surface area contributed by atoms with E-state index in [0.717, 1.165) is 28.3 Å². The van der Waals surface area contributed by atoms with Gasteiger partial charge in [0.15, 0.2) is 0 Å². The van der Waals surface area contributed by atoms with Crippen molar-refractivity contribution in [3.8, 4) is 0 Å². The number of carbonyl (C=O) groups is 1. The second-order valence-corrected chi connectivity index (χ2v) is 6.27. The van der Waals surface area contributed by atoms with Crippen molar-refractivity contribution in [3.05, 3.63) is 82.6 Å². The number of para-hydroxylation sites is 1. The Labute approximate surface area is 157 Å². The Hall–Kier alpha value is -2.92. The molecule has 0 aliphatic rings. The molecule has 2 N–H and O–H groups in total. The highest BCUT2D eigenvalue weighted by Gasteiger charge is 2.10. The number of aromatic nitrogens is 2. The standard InChI is InChI=1S/C20H19ClN4O/c1-14-4-2-3-5-17(14)24-19(26)18-11-13-23-20(25-18)22-12-10-15-6-8-16(21)9-7-15/h2-9,11,13H,10,12H2,1H3,(H,24,26)(H,22,23,25). The van der Waals surface area contributed by atoms with Crippen LogP contribution in [0.25, 0.3) is 0 Å². The van der Waals surface area contributed by atoms with Gasteiger partial charge in [-0.1, -0.05) is 41.9 Å². The predicted octanol–water partition coefficient (Wildman–Crippen LogP) is 4.35. The van der Waals surface area contributed by atoms with Crippen LogP contribution in [0.2, 0.25) is 5.02 Å². The summed E-state index contributed by atoms with van der Waals surface area (Å²) in [5.74, 6) is 0.166. The van der Waals surface area contributed by atoms with Gasteiger partial charge in [0.1, 0.15) is 5.69 Å². The minimum atomic E-state index is -0.262. The second-order valence-electron chi connectivity index (χ2n) is 5.84. The summed E-state index contributed by atoms with van der Waals surface area (Å²) >= 11 is 5.88. The van der Waals surface area contributed by atoms with Crippen LogP contribution in [-0.2, 0) is 6.42 Å². The summed E-state index contributed by atoms with van der Waals surface area (Å²) in [7, 11) is 0. The summed E-state index contributed by atoms with van der Waals surface area (Å²) in [4.78, 5) is 20.9.